The van der Waals surface area contributed by atoms with Crippen molar-refractivity contribution in [2.45, 2.75) is 37.8 Å². The summed E-state index contributed by atoms with van der Waals surface area (Å²) >= 11 is 3.43. The Hall–Kier alpha value is -1.05. The molecule has 2 unspecified atom stereocenters. The SMILES string of the molecule is N#Cc1ccc(Br)cc1NC1CCCC(N)C1. The van der Waals surface area contributed by atoms with Crippen LogP contribution in [0.25, 0.3) is 0 Å². The largest absolute Gasteiger partial charge is 0.381 e. The molecule has 1 aliphatic carbocycles. The van der Waals surface area contributed by atoms with Crippen LogP contribution in [0.3, 0.4) is 0 Å². The molecule has 1 aromatic carbocycles. The summed E-state index contributed by atoms with van der Waals surface area (Å²) in [6.45, 7) is 0. The lowest BCUT2D eigenvalue weighted by molar-refractivity contribution is 0.409. The molecule has 0 aromatic heterocycles. The zero-order valence-electron chi connectivity index (χ0n) is 9.62. The van der Waals surface area contributed by atoms with E-state index in [0.29, 0.717) is 17.6 Å². The summed E-state index contributed by atoms with van der Waals surface area (Å²) in [6.07, 6.45) is 4.39. The van der Waals surface area contributed by atoms with Gasteiger partial charge in [-0.25, -0.2) is 0 Å². The number of benzene rings is 1. The Morgan fingerprint density at radius 2 is 2.24 bits per heavy atom. The van der Waals surface area contributed by atoms with E-state index in [1.54, 1.807) is 0 Å². The highest BCUT2D eigenvalue weighted by atomic mass is 79.9. The highest BCUT2D eigenvalue weighted by molar-refractivity contribution is 9.10. The van der Waals surface area contributed by atoms with Crippen LogP contribution in [0.15, 0.2) is 22.7 Å². The number of nitrogens with two attached hydrogens (primary N) is 1. The first kappa shape index (κ1) is 12.4. The van der Waals surface area contributed by atoms with Crippen LogP contribution in [0.4, 0.5) is 5.69 Å². The summed E-state index contributed by atoms with van der Waals surface area (Å²) in [5.74, 6) is 0. The van der Waals surface area contributed by atoms with Crippen LogP contribution in [0.1, 0.15) is 31.2 Å². The van der Waals surface area contributed by atoms with Crippen LogP contribution in [0.2, 0.25) is 0 Å². The first-order chi connectivity index (χ1) is 8.19. The summed E-state index contributed by atoms with van der Waals surface area (Å²) in [6, 6.07) is 8.56. The van der Waals surface area contributed by atoms with Crippen LogP contribution in [0, 0.1) is 11.3 Å². The van der Waals surface area contributed by atoms with Crippen LogP contribution in [0.5, 0.6) is 0 Å². The third-order valence-electron chi connectivity index (χ3n) is 3.18. The fraction of sp³-hybridized carbons (Fsp3) is 0.462. The number of halogens is 1. The van der Waals surface area contributed by atoms with Crippen LogP contribution in [-0.2, 0) is 0 Å². The maximum Gasteiger partial charge on any atom is 0.101 e. The fourth-order valence-electron chi connectivity index (χ4n) is 2.31. The molecule has 0 spiro atoms. The monoisotopic (exact) mass is 293 g/mol. The zero-order chi connectivity index (χ0) is 12.3. The molecule has 1 fully saturated rings. The smallest absolute Gasteiger partial charge is 0.101 e. The lowest BCUT2D eigenvalue weighted by atomic mass is 9.91. The number of hydrogen-bond donors (Lipinski definition) is 2. The predicted molar refractivity (Wildman–Crippen MR) is 72.7 cm³/mol. The number of nitrogens with one attached hydrogen (secondary N) is 1. The Morgan fingerprint density at radius 1 is 1.41 bits per heavy atom. The average molecular weight is 294 g/mol. The highest BCUT2D eigenvalue weighted by Crippen LogP contribution is 2.25. The highest BCUT2D eigenvalue weighted by Gasteiger charge is 2.19. The molecule has 90 valence electrons. The quantitative estimate of drug-likeness (QED) is 0.881. The summed E-state index contributed by atoms with van der Waals surface area (Å²) in [5.41, 5.74) is 7.56. The zero-order valence-corrected chi connectivity index (χ0v) is 11.2. The van der Waals surface area contributed by atoms with Gasteiger partial charge in [-0.15, -0.1) is 0 Å². The molecule has 1 aromatic rings. The molecule has 0 aliphatic heterocycles. The van der Waals surface area contributed by atoms with E-state index in [1.165, 1.54) is 0 Å². The van der Waals surface area contributed by atoms with Gasteiger partial charge in [0.15, 0.2) is 0 Å². The molecule has 17 heavy (non-hydrogen) atoms. The van der Waals surface area contributed by atoms with Crippen molar-refractivity contribution in [2.75, 3.05) is 5.32 Å². The van der Waals surface area contributed by atoms with Crippen LogP contribution < -0.4 is 11.1 Å². The molecule has 0 amide bonds. The lowest BCUT2D eigenvalue weighted by Gasteiger charge is -2.28. The molecule has 3 N–H and O–H groups in total. The molecular formula is C13H16BrN3. The Morgan fingerprint density at radius 3 is 2.94 bits per heavy atom. The topological polar surface area (TPSA) is 61.8 Å². The van der Waals surface area contributed by atoms with E-state index < -0.39 is 0 Å². The first-order valence-corrected chi connectivity index (χ1v) is 6.70. The standard InChI is InChI=1S/C13H16BrN3/c14-10-5-4-9(8-15)13(6-10)17-12-3-1-2-11(16)7-12/h4-6,11-12,17H,1-3,7,16H2. The summed E-state index contributed by atoms with van der Waals surface area (Å²) in [5, 5.41) is 12.5. The Balaban J connectivity index is 2.12. The van der Waals surface area contributed by atoms with Crippen LogP contribution in [-0.4, -0.2) is 12.1 Å². The third kappa shape index (κ3) is 3.21. The van der Waals surface area contributed by atoms with Crippen molar-refractivity contribution in [1.82, 2.24) is 0 Å². The molecule has 1 aliphatic rings. The van der Waals surface area contributed by atoms with Crippen molar-refractivity contribution in [3.05, 3.63) is 28.2 Å². The van der Waals surface area contributed by atoms with Gasteiger partial charge in [0.05, 0.1) is 11.3 Å². The summed E-state index contributed by atoms with van der Waals surface area (Å²) < 4.78 is 0.985. The molecule has 0 bridgehead atoms. The van der Waals surface area contributed by atoms with Gasteiger partial charge in [0, 0.05) is 16.6 Å². The van der Waals surface area contributed by atoms with Gasteiger partial charge in [0.1, 0.15) is 6.07 Å². The third-order valence-corrected chi connectivity index (χ3v) is 3.67. The molecular weight excluding hydrogens is 278 g/mol. The summed E-state index contributed by atoms with van der Waals surface area (Å²) in [7, 11) is 0. The van der Waals surface area contributed by atoms with E-state index in [2.05, 4.69) is 27.3 Å². The molecule has 0 saturated heterocycles. The minimum absolute atomic E-state index is 0.291. The normalized spacial score (nSPS) is 24.1. The Kier molecular flexibility index (Phi) is 4.03. The second-order valence-corrected chi connectivity index (χ2v) is 5.49. The Labute approximate surface area is 110 Å². The molecule has 4 heteroatoms. The average Bonchev–Trinajstić information content (AvgIpc) is 2.29. The van der Waals surface area contributed by atoms with E-state index in [0.717, 1.165) is 35.8 Å². The van der Waals surface area contributed by atoms with E-state index in [9.17, 15) is 0 Å². The predicted octanol–water partition coefficient (Wildman–Crippen LogP) is 3.00. The van der Waals surface area contributed by atoms with Crippen molar-refractivity contribution in [2.24, 2.45) is 5.73 Å². The minimum Gasteiger partial charge on any atom is -0.381 e. The molecule has 1 saturated carbocycles. The molecule has 2 rings (SSSR count). The maximum atomic E-state index is 9.06. The van der Waals surface area contributed by atoms with Gasteiger partial charge in [0.2, 0.25) is 0 Å². The summed E-state index contributed by atoms with van der Waals surface area (Å²) in [4.78, 5) is 0. The minimum atomic E-state index is 0.291. The van der Waals surface area contributed by atoms with E-state index in [1.807, 2.05) is 18.2 Å². The van der Waals surface area contributed by atoms with Gasteiger partial charge >= 0.3 is 0 Å². The number of nitrogens with zero attached hydrogens (tertiary/aromatic N) is 1. The molecule has 0 heterocycles. The number of hydrogen-bond acceptors (Lipinski definition) is 3. The van der Waals surface area contributed by atoms with Crippen LogP contribution >= 0.6 is 15.9 Å². The first-order valence-electron chi connectivity index (χ1n) is 5.91. The van der Waals surface area contributed by atoms with Gasteiger partial charge in [-0.1, -0.05) is 15.9 Å². The molecule has 3 nitrogen and oxygen atoms in total. The van der Waals surface area contributed by atoms with E-state index in [-0.39, 0.29) is 0 Å². The van der Waals surface area contributed by atoms with Gasteiger partial charge in [-0.05, 0) is 43.9 Å². The Bertz CT molecular complexity index is 439. The van der Waals surface area contributed by atoms with Gasteiger partial charge < -0.3 is 11.1 Å². The molecule has 0 radical (unpaired) electrons. The van der Waals surface area contributed by atoms with Gasteiger partial charge in [-0.2, -0.15) is 5.26 Å². The maximum absolute atomic E-state index is 9.06. The number of nitriles is 1. The van der Waals surface area contributed by atoms with Crippen molar-refractivity contribution in [1.29, 1.82) is 5.26 Å². The number of anilines is 1. The number of rotatable bonds is 2. The second-order valence-electron chi connectivity index (χ2n) is 4.57. The fourth-order valence-corrected chi connectivity index (χ4v) is 2.67. The van der Waals surface area contributed by atoms with Crippen molar-refractivity contribution < 1.29 is 0 Å². The van der Waals surface area contributed by atoms with Gasteiger partial charge in [-0.3, -0.25) is 0 Å². The van der Waals surface area contributed by atoms with Crippen molar-refractivity contribution in [3.63, 3.8) is 0 Å². The second kappa shape index (κ2) is 5.52. The van der Waals surface area contributed by atoms with Crippen molar-refractivity contribution >= 4 is 21.6 Å². The lowest BCUT2D eigenvalue weighted by Crippen LogP contribution is -2.35. The van der Waals surface area contributed by atoms with E-state index in [4.69, 9.17) is 11.0 Å². The molecule has 2 atom stereocenters. The van der Waals surface area contributed by atoms with Crippen molar-refractivity contribution in [3.8, 4) is 6.07 Å². The van der Waals surface area contributed by atoms with Gasteiger partial charge in [0.25, 0.3) is 0 Å². The van der Waals surface area contributed by atoms with E-state index >= 15 is 0 Å².